The molecule has 0 bridgehead atoms. The molecule has 11 N–H and O–H groups in total. The number of carbonyl (C=O) groups is 7. The molecule has 21 nitrogen and oxygen atoms in total. The number of quaternary nitrogens is 1. The molecule has 3 atom stereocenters. The quantitative estimate of drug-likeness (QED) is 0.0523. The number of carbonyl (C=O) groups excluding carboxylic acids is 6. The first-order chi connectivity index (χ1) is 31.8. The number of anilines is 4. The summed E-state index contributed by atoms with van der Waals surface area (Å²) in [4.78, 5) is 90.3. The van der Waals surface area contributed by atoms with Gasteiger partial charge >= 0.3 is 5.97 Å². The molecule has 5 aromatic carbocycles. The molecular formula is C46H47N7O14. The second-order valence-electron chi connectivity index (χ2n) is 15.1. The van der Waals surface area contributed by atoms with E-state index in [2.05, 4.69) is 26.6 Å². The molecule has 5 rings (SSSR count). The van der Waals surface area contributed by atoms with Crippen LogP contribution in [0.1, 0.15) is 79.5 Å². The van der Waals surface area contributed by atoms with Crippen LogP contribution in [-0.4, -0.2) is 88.3 Å². The average molecular weight is 922 g/mol. The number of ether oxygens (including phenoxy) is 3. The third kappa shape index (κ3) is 12.9. The van der Waals surface area contributed by atoms with Crippen LogP contribution in [0.15, 0.2) is 103 Å². The highest BCUT2D eigenvalue weighted by molar-refractivity contribution is 6.10. The van der Waals surface area contributed by atoms with Gasteiger partial charge in [0.05, 0.1) is 34.7 Å². The number of nitrogens with two attached hydrogens (primary N) is 1. The Morgan fingerprint density at radius 3 is 1.64 bits per heavy atom. The van der Waals surface area contributed by atoms with Gasteiger partial charge in [0.1, 0.15) is 11.8 Å². The SMILES string of the molecule is COC(C(N)=O)C(NC(=O)c1ccc(NC(=O)c2ccc([NH+]([O-])O)cc2)cc1)C(=O)Nc1ccc(C(=O)Nc2ccc(C(=O)Nc3ccc(C(=O)O)cc3OC(C)C)c(O)c2OC(C)C)cc1. The average Bonchev–Trinajstić information content (AvgIpc) is 3.28. The van der Waals surface area contributed by atoms with Crippen LogP contribution in [0, 0.1) is 5.21 Å². The maximum atomic E-state index is 13.6. The van der Waals surface area contributed by atoms with E-state index in [1.165, 1.54) is 103 Å². The Morgan fingerprint density at radius 2 is 1.12 bits per heavy atom. The minimum atomic E-state index is -1.66. The number of phenolic OH excluding ortho intramolecular Hbond substituents is 1. The van der Waals surface area contributed by atoms with Gasteiger partial charge in [0.15, 0.2) is 23.3 Å². The molecule has 0 radical (unpaired) electrons. The largest absolute Gasteiger partial charge is 0.595 e. The molecule has 0 aliphatic heterocycles. The smallest absolute Gasteiger partial charge is 0.335 e. The summed E-state index contributed by atoms with van der Waals surface area (Å²) in [5.41, 5.74) is 6.05. The summed E-state index contributed by atoms with van der Waals surface area (Å²) in [7, 11) is 1.12. The minimum Gasteiger partial charge on any atom is -0.595 e. The summed E-state index contributed by atoms with van der Waals surface area (Å²) in [6, 6.07) is 21.0. The molecular weight excluding hydrogens is 875 g/mol. The van der Waals surface area contributed by atoms with Crippen molar-refractivity contribution in [3.63, 3.8) is 0 Å². The lowest BCUT2D eigenvalue weighted by molar-refractivity contribution is -0.991. The van der Waals surface area contributed by atoms with Crippen LogP contribution >= 0.6 is 0 Å². The van der Waals surface area contributed by atoms with Gasteiger partial charge in [0.25, 0.3) is 23.6 Å². The van der Waals surface area contributed by atoms with Crippen molar-refractivity contribution >= 4 is 69.8 Å². The Labute approximate surface area is 382 Å². The number of aromatic hydroxyl groups is 1. The number of benzene rings is 5. The van der Waals surface area contributed by atoms with Gasteiger partial charge in [0.2, 0.25) is 11.8 Å². The highest BCUT2D eigenvalue weighted by Gasteiger charge is 2.35. The fourth-order valence-electron chi connectivity index (χ4n) is 6.22. The fraction of sp³-hybridized carbons (Fsp3) is 0.196. The van der Waals surface area contributed by atoms with Crippen molar-refractivity contribution in [1.29, 1.82) is 0 Å². The number of phenols is 1. The van der Waals surface area contributed by atoms with Crippen LogP contribution in [0.25, 0.3) is 0 Å². The summed E-state index contributed by atoms with van der Waals surface area (Å²) in [5, 5.41) is 52.6. The number of aromatic carboxylic acids is 1. The number of amides is 6. The number of nitrogens with one attached hydrogen (secondary N) is 6. The first-order valence-corrected chi connectivity index (χ1v) is 20.2. The van der Waals surface area contributed by atoms with E-state index in [4.69, 9.17) is 25.2 Å². The Bertz CT molecular complexity index is 2650. The number of hydrogen-bond donors (Lipinski definition) is 10. The van der Waals surface area contributed by atoms with E-state index in [0.717, 1.165) is 7.11 Å². The molecule has 0 saturated heterocycles. The Hall–Kier alpha value is -8.37. The van der Waals surface area contributed by atoms with Gasteiger partial charge in [-0.3, -0.25) is 28.8 Å². The molecule has 67 heavy (non-hydrogen) atoms. The summed E-state index contributed by atoms with van der Waals surface area (Å²) in [6.45, 7) is 6.76. The van der Waals surface area contributed by atoms with Crippen molar-refractivity contribution in [3.8, 4) is 17.2 Å². The summed E-state index contributed by atoms with van der Waals surface area (Å²) in [5.74, 6) is -6.75. The summed E-state index contributed by atoms with van der Waals surface area (Å²) in [6.07, 6.45) is -2.53. The second-order valence-corrected chi connectivity index (χ2v) is 15.1. The van der Waals surface area contributed by atoms with Crippen LogP contribution in [0.5, 0.6) is 17.2 Å². The van der Waals surface area contributed by atoms with Gasteiger partial charge in [-0.05, 0) is 119 Å². The maximum Gasteiger partial charge on any atom is 0.335 e. The summed E-state index contributed by atoms with van der Waals surface area (Å²) < 4.78 is 16.7. The van der Waals surface area contributed by atoms with E-state index in [0.29, 0.717) is 5.69 Å². The molecule has 21 heteroatoms. The molecule has 5 aromatic rings. The predicted molar refractivity (Wildman–Crippen MR) is 242 cm³/mol. The van der Waals surface area contributed by atoms with Crippen molar-refractivity contribution < 1.29 is 68.4 Å². The normalized spacial score (nSPS) is 12.3. The van der Waals surface area contributed by atoms with Crippen LogP contribution < -0.4 is 47.0 Å². The zero-order valence-electron chi connectivity index (χ0n) is 36.5. The highest BCUT2D eigenvalue weighted by Crippen LogP contribution is 2.39. The van der Waals surface area contributed by atoms with Gasteiger partial charge < -0.3 is 61.9 Å². The third-order valence-electron chi connectivity index (χ3n) is 9.44. The first kappa shape index (κ1) is 49.6. The van der Waals surface area contributed by atoms with E-state index >= 15 is 0 Å². The lowest BCUT2D eigenvalue weighted by Crippen LogP contribution is -2.99. The van der Waals surface area contributed by atoms with Crippen LogP contribution in [-0.2, 0) is 14.3 Å². The number of hydrogen-bond acceptors (Lipinski definition) is 13. The van der Waals surface area contributed by atoms with Crippen molar-refractivity contribution in [1.82, 2.24) is 5.32 Å². The van der Waals surface area contributed by atoms with Crippen LogP contribution in [0.3, 0.4) is 0 Å². The van der Waals surface area contributed by atoms with Crippen molar-refractivity contribution in [3.05, 3.63) is 136 Å². The van der Waals surface area contributed by atoms with E-state index in [1.54, 1.807) is 27.7 Å². The lowest BCUT2D eigenvalue weighted by atomic mass is 10.1. The molecule has 0 aromatic heterocycles. The number of primary amides is 1. The zero-order valence-corrected chi connectivity index (χ0v) is 36.5. The van der Waals surface area contributed by atoms with Crippen molar-refractivity contribution in [2.75, 3.05) is 28.4 Å². The Morgan fingerprint density at radius 1 is 0.627 bits per heavy atom. The molecule has 0 spiro atoms. The monoisotopic (exact) mass is 921 g/mol. The lowest BCUT2D eigenvalue weighted by Gasteiger charge is -2.24. The van der Waals surface area contributed by atoms with Gasteiger partial charge in [-0.15, -0.1) is 0 Å². The van der Waals surface area contributed by atoms with Crippen LogP contribution in [0.2, 0.25) is 0 Å². The van der Waals surface area contributed by atoms with Crippen molar-refractivity contribution in [2.45, 2.75) is 52.0 Å². The number of carboxylic acids is 1. The predicted octanol–water partition coefficient (Wildman–Crippen LogP) is 4.06. The summed E-state index contributed by atoms with van der Waals surface area (Å²) >= 11 is 0. The minimum absolute atomic E-state index is 0.000363. The molecule has 0 aliphatic carbocycles. The van der Waals surface area contributed by atoms with Gasteiger partial charge in [-0.25, -0.2) is 10.0 Å². The molecule has 0 saturated carbocycles. The van der Waals surface area contributed by atoms with E-state index in [9.17, 15) is 49.0 Å². The molecule has 3 unspecified atom stereocenters. The van der Waals surface area contributed by atoms with Gasteiger partial charge in [-0.1, -0.05) is 0 Å². The standard InChI is InChI=1S/C46H47N7O14/c1-23(2)66-35-22-28(46(61)62)12-20-33(35)50-44(59)32-19-21-34(38(37(32)54)67-24(3)4)51-42(57)25-6-15-30(16-7-25)49-45(60)36(39(65-5)40(47)55)52-43(58)26-8-13-29(14-9-26)48-41(56)27-10-17-31(18-11-27)53(63)64/h6-24,36,39,53-54,63H,1-5H3,(H2,47,55)(H,48,56)(H,49,60)(H,50,59)(H,51,57)(H,52,58)(H,61,62). The third-order valence-corrected chi connectivity index (χ3v) is 9.44. The highest BCUT2D eigenvalue weighted by atomic mass is 16.8. The first-order valence-electron chi connectivity index (χ1n) is 20.2. The Balaban J connectivity index is 1.27. The molecule has 0 heterocycles. The van der Waals surface area contributed by atoms with Crippen LogP contribution in [0.4, 0.5) is 28.4 Å². The second kappa shape index (κ2) is 22.0. The van der Waals surface area contributed by atoms with E-state index in [-0.39, 0.29) is 68.2 Å². The Kier molecular flexibility index (Phi) is 16.3. The maximum absolute atomic E-state index is 13.6. The zero-order chi connectivity index (χ0) is 49.1. The molecule has 6 amide bonds. The number of carboxylic acid groups (broad SMARTS) is 1. The van der Waals surface area contributed by atoms with Gasteiger partial charge in [0, 0.05) is 47.3 Å². The number of rotatable bonds is 19. The fourth-order valence-corrected chi connectivity index (χ4v) is 6.22. The molecule has 350 valence electrons. The van der Waals surface area contributed by atoms with E-state index in [1.807, 2.05) is 0 Å². The molecule has 0 fully saturated rings. The van der Waals surface area contributed by atoms with Crippen molar-refractivity contribution in [2.24, 2.45) is 5.73 Å². The topological polar surface area (TPSA) is 322 Å². The number of methoxy groups -OCH3 is 1. The molecule has 0 aliphatic rings. The van der Waals surface area contributed by atoms with Gasteiger partial charge in [-0.2, -0.15) is 5.23 Å². The van der Waals surface area contributed by atoms with E-state index < -0.39 is 70.6 Å².